The van der Waals surface area contributed by atoms with E-state index >= 15 is 0 Å². The van der Waals surface area contributed by atoms with Crippen LogP contribution in [0, 0.1) is 0 Å². The smallest absolute Gasteiger partial charge is 0.264 e. The molecule has 0 spiro atoms. The summed E-state index contributed by atoms with van der Waals surface area (Å²) in [5.74, 6) is 0.638. The second kappa shape index (κ2) is 10.2. The van der Waals surface area contributed by atoms with Gasteiger partial charge in [0.25, 0.3) is 15.9 Å². The van der Waals surface area contributed by atoms with Crippen LogP contribution in [-0.4, -0.2) is 38.9 Å². The first-order valence-electron chi connectivity index (χ1n) is 10.0. The molecule has 1 amide bonds. The van der Waals surface area contributed by atoms with E-state index in [-0.39, 0.29) is 10.8 Å². The molecule has 0 saturated heterocycles. The van der Waals surface area contributed by atoms with Crippen LogP contribution in [-0.2, 0) is 10.0 Å². The summed E-state index contributed by atoms with van der Waals surface area (Å²) in [6, 6.07) is 15.1. The van der Waals surface area contributed by atoms with Crippen molar-refractivity contribution in [1.29, 1.82) is 0 Å². The maximum absolute atomic E-state index is 12.9. The number of benzene rings is 2. The first kappa shape index (κ1) is 21.7. The van der Waals surface area contributed by atoms with Gasteiger partial charge in [-0.25, -0.2) is 8.42 Å². The molecule has 3 rings (SSSR count). The number of thioether (sulfide) groups is 1. The Bertz CT molecular complexity index is 911. The largest absolute Gasteiger partial charge is 0.351 e. The number of amides is 1. The Labute approximate surface area is 177 Å². The van der Waals surface area contributed by atoms with Crippen molar-refractivity contribution in [2.75, 3.05) is 23.7 Å². The van der Waals surface area contributed by atoms with E-state index in [0.29, 0.717) is 23.0 Å². The van der Waals surface area contributed by atoms with Gasteiger partial charge in [-0.2, -0.15) is 11.8 Å². The zero-order chi connectivity index (χ0) is 20.7. The quantitative estimate of drug-likeness (QED) is 0.632. The number of anilines is 1. The van der Waals surface area contributed by atoms with E-state index in [4.69, 9.17) is 0 Å². The van der Waals surface area contributed by atoms with E-state index < -0.39 is 10.0 Å². The van der Waals surface area contributed by atoms with E-state index in [0.717, 1.165) is 5.75 Å². The number of hydrogen-bond donors (Lipinski definition) is 1. The van der Waals surface area contributed by atoms with E-state index in [2.05, 4.69) is 5.32 Å². The average Bonchev–Trinajstić information content (AvgIpc) is 2.77. The van der Waals surface area contributed by atoms with Crippen LogP contribution < -0.4 is 9.62 Å². The third-order valence-corrected chi connectivity index (χ3v) is 8.33. The lowest BCUT2D eigenvalue weighted by molar-refractivity contribution is 0.0956. The summed E-state index contributed by atoms with van der Waals surface area (Å²) in [5, 5.41) is 3.62. The van der Waals surface area contributed by atoms with Crippen molar-refractivity contribution in [3.8, 4) is 0 Å². The van der Waals surface area contributed by atoms with Gasteiger partial charge in [0.05, 0.1) is 10.6 Å². The minimum absolute atomic E-state index is 0.105. The zero-order valence-corrected chi connectivity index (χ0v) is 18.3. The van der Waals surface area contributed by atoms with E-state index in [1.54, 1.807) is 36.4 Å². The summed E-state index contributed by atoms with van der Waals surface area (Å²) < 4.78 is 27.1. The monoisotopic (exact) mass is 432 g/mol. The molecule has 1 fully saturated rings. The van der Waals surface area contributed by atoms with Gasteiger partial charge in [-0.05, 0) is 43.2 Å². The van der Waals surface area contributed by atoms with Gasteiger partial charge in [0, 0.05) is 30.2 Å². The van der Waals surface area contributed by atoms with Gasteiger partial charge in [0.15, 0.2) is 0 Å². The molecule has 1 aliphatic rings. The predicted octanol–water partition coefficient (Wildman–Crippen LogP) is 4.31. The van der Waals surface area contributed by atoms with Crippen LogP contribution in [0.2, 0.25) is 0 Å². The minimum Gasteiger partial charge on any atom is -0.351 e. The van der Waals surface area contributed by atoms with Crippen LogP contribution in [0.25, 0.3) is 0 Å². The summed E-state index contributed by atoms with van der Waals surface area (Å²) >= 11 is 1.93. The van der Waals surface area contributed by atoms with E-state index in [9.17, 15) is 13.2 Å². The van der Waals surface area contributed by atoms with Crippen LogP contribution in [0.3, 0.4) is 0 Å². The van der Waals surface area contributed by atoms with Gasteiger partial charge >= 0.3 is 0 Å². The molecule has 0 atom stereocenters. The number of rotatable bonds is 8. The summed E-state index contributed by atoms with van der Waals surface area (Å²) in [4.78, 5) is 12.6. The highest BCUT2D eigenvalue weighted by Crippen LogP contribution is 2.27. The fraction of sp³-hybridized carbons (Fsp3) is 0.409. The second-order valence-corrected chi connectivity index (χ2v) is 10.6. The number of nitrogens with one attached hydrogen (secondary N) is 1. The fourth-order valence-corrected chi connectivity index (χ4v) is 5.92. The summed E-state index contributed by atoms with van der Waals surface area (Å²) in [7, 11) is -2.22. The van der Waals surface area contributed by atoms with Crippen LogP contribution >= 0.6 is 11.8 Å². The Morgan fingerprint density at radius 3 is 2.52 bits per heavy atom. The Morgan fingerprint density at radius 2 is 1.79 bits per heavy atom. The van der Waals surface area contributed by atoms with Crippen molar-refractivity contribution >= 4 is 33.4 Å². The lowest BCUT2D eigenvalue weighted by Crippen LogP contribution is -2.28. The summed E-state index contributed by atoms with van der Waals surface area (Å²) in [6.45, 7) is 0.584. The van der Waals surface area contributed by atoms with E-state index in [1.807, 2.05) is 17.8 Å². The third kappa shape index (κ3) is 5.76. The summed E-state index contributed by atoms with van der Waals surface area (Å²) in [5.41, 5.74) is 0.928. The topological polar surface area (TPSA) is 66.5 Å². The van der Waals surface area contributed by atoms with Gasteiger partial charge in [0.2, 0.25) is 0 Å². The number of hydrogen-bond acceptors (Lipinski definition) is 4. The molecule has 1 saturated carbocycles. The number of nitrogens with zero attached hydrogens (tertiary/aromatic N) is 1. The SMILES string of the molecule is CN(c1ccccc1)S(=O)(=O)c1cccc(C(=O)NCCSC2CCCCC2)c1. The van der Waals surface area contributed by atoms with Gasteiger partial charge in [-0.15, -0.1) is 0 Å². The van der Waals surface area contributed by atoms with Crippen molar-refractivity contribution in [3.63, 3.8) is 0 Å². The van der Waals surface area contributed by atoms with Crippen LogP contribution in [0.5, 0.6) is 0 Å². The number of para-hydroxylation sites is 1. The van der Waals surface area contributed by atoms with Crippen LogP contribution in [0.15, 0.2) is 59.5 Å². The second-order valence-electron chi connectivity index (χ2n) is 7.22. The molecular weight excluding hydrogens is 404 g/mol. The van der Waals surface area contributed by atoms with Crippen molar-refractivity contribution < 1.29 is 13.2 Å². The molecular formula is C22H28N2O3S2. The molecule has 0 unspecified atom stereocenters. The van der Waals surface area contributed by atoms with Gasteiger partial charge in [-0.1, -0.05) is 43.5 Å². The molecule has 0 radical (unpaired) electrons. The van der Waals surface area contributed by atoms with Crippen molar-refractivity contribution in [2.24, 2.45) is 0 Å². The van der Waals surface area contributed by atoms with Gasteiger partial charge in [0.1, 0.15) is 0 Å². The highest BCUT2D eigenvalue weighted by molar-refractivity contribution is 7.99. The molecule has 5 nitrogen and oxygen atoms in total. The van der Waals surface area contributed by atoms with Gasteiger partial charge in [-0.3, -0.25) is 9.10 Å². The maximum atomic E-state index is 12.9. The molecule has 1 N–H and O–H groups in total. The number of carbonyl (C=O) groups excluding carboxylic acids is 1. The number of carbonyl (C=O) groups is 1. The lowest BCUT2D eigenvalue weighted by atomic mass is 10.0. The van der Waals surface area contributed by atoms with Crippen molar-refractivity contribution in [1.82, 2.24) is 5.32 Å². The Balaban J connectivity index is 1.60. The van der Waals surface area contributed by atoms with Crippen LogP contribution in [0.4, 0.5) is 5.69 Å². The predicted molar refractivity (Wildman–Crippen MR) is 120 cm³/mol. The summed E-state index contributed by atoms with van der Waals surface area (Å²) in [6.07, 6.45) is 6.50. The molecule has 2 aromatic rings. The average molecular weight is 433 g/mol. The van der Waals surface area contributed by atoms with E-state index in [1.165, 1.54) is 55.6 Å². The normalized spacial score (nSPS) is 15.1. The molecule has 2 aromatic carbocycles. The van der Waals surface area contributed by atoms with Crippen molar-refractivity contribution in [3.05, 3.63) is 60.2 Å². The Hall–Kier alpha value is -1.99. The fourth-order valence-electron chi connectivity index (χ4n) is 3.46. The van der Waals surface area contributed by atoms with Crippen LogP contribution in [0.1, 0.15) is 42.5 Å². The Morgan fingerprint density at radius 1 is 1.07 bits per heavy atom. The molecule has 1 aliphatic carbocycles. The standard InChI is InChI=1S/C22H28N2O3S2/c1-24(19-10-4-2-5-11-19)29(26,27)21-14-8-9-18(17-21)22(25)23-15-16-28-20-12-6-3-7-13-20/h2,4-5,8-11,14,17,20H,3,6-7,12-13,15-16H2,1H3,(H,23,25). The minimum atomic E-state index is -3.74. The molecule has 0 aromatic heterocycles. The van der Waals surface area contributed by atoms with Gasteiger partial charge < -0.3 is 5.32 Å². The van der Waals surface area contributed by atoms with Crippen molar-refractivity contribution in [2.45, 2.75) is 42.2 Å². The highest BCUT2D eigenvalue weighted by atomic mass is 32.2. The maximum Gasteiger partial charge on any atom is 0.264 e. The molecule has 156 valence electrons. The Kier molecular flexibility index (Phi) is 7.61. The first-order chi connectivity index (χ1) is 14.0. The molecule has 0 bridgehead atoms. The highest BCUT2D eigenvalue weighted by Gasteiger charge is 2.22. The number of sulfonamides is 1. The molecule has 29 heavy (non-hydrogen) atoms. The lowest BCUT2D eigenvalue weighted by Gasteiger charge is -2.21. The molecule has 0 heterocycles. The molecule has 7 heteroatoms. The molecule has 0 aliphatic heterocycles. The first-order valence-corrected chi connectivity index (χ1v) is 12.5. The third-order valence-electron chi connectivity index (χ3n) is 5.17. The zero-order valence-electron chi connectivity index (χ0n) is 16.7.